The molecule has 4 atom stereocenters. The summed E-state index contributed by atoms with van der Waals surface area (Å²) in [6.45, 7) is 0. The number of ketones is 1. The van der Waals surface area contributed by atoms with Gasteiger partial charge in [0.15, 0.2) is 0 Å². The van der Waals surface area contributed by atoms with Crippen LogP contribution in [0.15, 0.2) is 0 Å². The standard InChI is InChI=1S/C11H18O3/c1-13-9-6-10(14-2)8-5-3-4-7(9)11(8)12/h7-10H,3-6H2,1-2H3/t7-,8+,9+,10-. The lowest BCUT2D eigenvalue weighted by Gasteiger charge is -2.42. The molecule has 3 heteroatoms. The number of rotatable bonds is 2. The molecule has 0 N–H and O–H groups in total. The maximum atomic E-state index is 12.0. The van der Waals surface area contributed by atoms with E-state index in [1.54, 1.807) is 14.2 Å². The molecule has 0 spiro atoms. The van der Waals surface area contributed by atoms with E-state index in [1.165, 1.54) is 0 Å². The molecule has 14 heavy (non-hydrogen) atoms. The van der Waals surface area contributed by atoms with E-state index < -0.39 is 0 Å². The molecule has 0 unspecified atom stereocenters. The maximum Gasteiger partial charge on any atom is 0.144 e. The predicted molar refractivity (Wildman–Crippen MR) is 52.0 cm³/mol. The number of hydrogen-bond donors (Lipinski definition) is 0. The predicted octanol–water partition coefficient (Wildman–Crippen LogP) is 1.41. The van der Waals surface area contributed by atoms with E-state index in [0.29, 0.717) is 5.78 Å². The summed E-state index contributed by atoms with van der Waals surface area (Å²) in [6.07, 6.45) is 4.21. The van der Waals surface area contributed by atoms with E-state index in [9.17, 15) is 4.79 Å². The van der Waals surface area contributed by atoms with E-state index in [0.717, 1.165) is 25.7 Å². The van der Waals surface area contributed by atoms with Gasteiger partial charge in [0.1, 0.15) is 5.78 Å². The largest absolute Gasteiger partial charge is 0.381 e. The van der Waals surface area contributed by atoms with Crippen LogP contribution < -0.4 is 0 Å². The lowest BCUT2D eigenvalue weighted by atomic mass is 9.68. The highest BCUT2D eigenvalue weighted by molar-refractivity contribution is 5.86. The van der Waals surface area contributed by atoms with E-state index in [1.807, 2.05) is 0 Å². The van der Waals surface area contributed by atoms with Crippen LogP contribution in [0.5, 0.6) is 0 Å². The minimum Gasteiger partial charge on any atom is -0.381 e. The average Bonchev–Trinajstić information content (AvgIpc) is 2.18. The molecule has 0 saturated heterocycles. The monoisotopic (exact) mass is 198 g/mol. The fourth-order valence-electron chi connectivity index (χ4n) is 2.93. The van der Waals surface area contributed by atoms with Crippen LogP contribution in [0, 0.1) is 11.8 Å². The first-order valence-electron chi connectivity index (χ1n) is 5.37. The second-order valence-corrected chi connectivity index (χ2v) is 4.33. The molecule has 2 aliphatic rings. The third-order valence-electron chi connectivity index (χ3n) is 3.73. The third-order valence-corrected chi connectivity index (χ3v) is 3.73. The number of fused-ring (bicyclic) bond motifs is 2. The number of Topliss-reactive ketones (excluding diaryl/α,β-unsaturated/α-hetero) is 1. The molecular weight excluding hydrogens is 180 g/mol. The molecule has 80 valence electrons. The summed E-state index contributed by atoms with van der Waals surface area (Å²) in [5.41, 5.74) is 0. The smallest absolute Gasteiger partial charge is 0.144 e. The van der Waals surface area contributed by atoms with Gasteiger partial charge < -0.3 is 9.47 Å². The number of hydrogen-bond acceptors (Lipinski definition) is 3. The molecule has 0 aliphatic heterocycles. The Hall–Kier alpha value is -0.410. The molecule has 0 aromatic rings. The molecule has 0 heterocycles. The summed E-state index contributed by atoms with van der Waals surface area (Å²) >= 11 is 0. The van der Waals surface area contributed by atoms with E-state index in [4.69, 9.17) is 9.47 Å². The topological polar surface area (TPSA) is 35.5 Å². The molecule has 2 saturated carbocycles. The fraction of sp³-hybridized carbons (Fsp3) is 0.909. The quantitative estimate of drug-likeness (QED) is 0.673. The number of carbonyl (C=O) groups excluding carboxylic acids is 1. The zero-order valence-electron chi connectivity index (χ0n) is 8.86. The molecule has 3 nitrogen and oxygen atoms in total. The highest BCUT2D eigenvalue weighted by Crippen LogP contribution is 2.39. The van der Waals surface area contributed by atoms with Crippen molar-refractivity contribution in [3.05, 3.63) is 0 Å². The van der Waals surface area contributed by atoms with Crippen molar-refractivity contribution in [3.8, 4) is 0 Å². The summed E-state index contributed by atoms with van der Waals surface area (Å²) in [4.78, 5) is 12.0. The Morgan fingerprint density at radius 3 is 2.00 bits per heavy atom. The van der Waals surface area contributed by atoms with Gasteiger partial charge in [0.05, 0.1) is 12.2 Å². The van der Waals surface area contributed by atoms with Crippen LogP contribution in [0.2, 0.25) is 0 Å². The second kappa shape index (κ2) is 3.99. The van der Waals surface area contributed by atoms with Gasteiger partial charge in [0.2, 0.25) is 0 Å². The minimum absolute atomic E-state index is 0.0870. The molecule has 0 radical (unpaired) electrons. The van der Waals surface area contributed by atoms with Gasteiger partial charge in [-0.2, -0.15) is 0 Å². The summed E-state index contributed by atoms with van der Waals surface area (Å²) in [6, 6.07) is 0. The van der Waals surface area contributed by atoms with E-state index in [2.05, 4.69) is 0 Å². The highest BCUT2D eigenvalue weighted by atomic mass is 16.5. The van der Waals surface area contributed by atoms with Crippen molar-refractivity contribution in [1.82, 2.24) is 0 Å². The van der Waals surface area contributed by atoms with Crippen LogP contribution in [0.25, 0.3) is 0 Å². The molecule has 2 fully saturated rings. The van der Waals surface area contributed by atoms with Gasteiger partial charge in [-0.05, 0) is 12.8 Å². The molecule has 0 aromatic carbocycles. The Bertz CT molecular complexity index is 207. The van der Waals surface area contributed by atoms with Crippen LogP contribution >= 0.6 is 0 Å². The third kappa shape index (κ3) is 1.48. The van der Waals surface area contributed by atoms with Gasteiger partial charge in [-0.1, -0.05) is 6.42 Å². The highest BCUT2D eigenvalue weighted by Gasteiger charge is 2.46. The molecule has 2 bridgehead atoms. The summed E-state index contributed by atoms with van der Waals surface area (Å²) in [7, 11) is 3.39. The fourth-order valence-corrected chi connectivity index (χ4v) is 2.93. The van der Waals surface area contributed by atoms with Crippen molar-refractivity contribution >= 4 is 5.78 Å². The van der Waals surface area contributed by atoms with Crippen molar-refractivity contribution in [3.63, 3.8) is 0 Å². The van der Waals surface area contributed by atoms with Crippen molar-refractivity contribution < 1.29 is 14.3 Å². The molecular formula is C11H18O3. The summed E-state index contributed by atoms with van der Waals surface area (Å²) in [5, 5.41) is 0. The van der Waals surface area contributed by atoms with Crippen LogP contribution in [0.1, 0.15) is 25.7 Å². The lowest BCUT2D eigenvalue weighted by molar-refractivity contribution is -0.151. The van der Waals surface area contributed by atoms with Crippen LogP contribution in [0.3, 0.4) is 0 Å². The van der Waals surface area contributed by atoms with Crippen LogP contribution in [-0.4, -0.2) is 32.2 Å². The van der Waals surface area contributed by atoms with Gasteiger partial charge in [-0.15, -0.1) is 0 Å². The lowest BCUT2D eigenvalue weighted by Crippen LogP contribution is -2.50. The number of ether oxygens (including phenoxy) is 2. The zero-order chi connectivity index (χ0) is 10.1. The van der Waals surface area contributed by atoms with Gasteiger partial charge in [0.25, 0.3) is 0 Å². The van der Waals surface area contributed by atoms with E-state index >= 15 is 0 Å². The van der Waals surface area contributed by atoms with Crippen molar-refractivity contribution in [2.45, 2.75) is 37.9 Å². The Balaban J connectivity index is 2.17. The minimum atomic E-state index is 0.0870. The first-order chi connectivity index (χ1) is 6.77. The summed E-state index contributed by atoms with van der Waals surface area (Å²) in [5.74, 6) is 0.663. The molecule has 0 amide bonds. The molecule has 0 aromatic heterocycles. The normalized spacial score (nSPS) is 42.6. The first-order valence-corrected chi connectivity index (χ1v) is 5.37. The SMILES string of the molecule is CO[C@H]1C[C@@H](OC)[C@@H]2CCC[C@H]1C2=O. The summed E-state index contributed by atoms with van der Waals surface area (Å²) < 4.78 is 10.8. The molecule has 2 aliphatic carbocycles. The second-order valence-electron chi connectivity index (χ2n) is 4.33. The van der Waals surface area contributed by atoms with Gasteiger partial charge >= 0.3 is 0 Å². The van der Waals surface area contributed by atoms with Gasteiger partial charge in [0, 0.05) is 32.5 Å². The number of carbonyl (C=O) groups is 1. The van der Waals surface area contributed by atoms with Crippen molar-refractivity contribution in [2.24, 2.45) is 11.8 Å². The van der Waals surface area contributed by atoms with Crippen molar-refractivity contribution in [2.75, 3.05) is 14.2 Å². The first kappa shape index (κ1) is 10.1. The van der Waals surface area contributed by atoms with Gasteiger partial charge in [-0.25, -0.2) is 0 Å². The van der Waals surface area contributed by atoms with Crippen LogP contribution in [0.4, 0.5) is 0 Å². The van der Waals surface area contributed by atoms with Crippen molar-refractivity contribution in [1.29, 1.82) is 0 Å². The number of methoxy groups -OCH3 is 2. The maximum absolute atomic E-state index is 12.0. The average molecular weight is 198 g/mol. The zero-order valence-corrected chi connectivity index (χ0v) is 8.86. The Morgan fingerprint density at radius 1 is 1.07 bits per heavy atom. The molecule has 2 rings (SSSR count). The Morgan fingerprint density at radius 2 is 1.57 bits per heavy atom. The Kier molecular flexibility index (Phi) is 2.88. The van der Waals surface area contributed by atoms with Crippen LogP contribution in [-0.2, 0) is 14.3 Å². The Labute approximate surface area is 84.8 Å². The van der Waals surface area contributed by atoms with Gasteiger partial charge in [-0.3, -0.25) is 4.79 Å². The van der Waals surface area contributed by atoms with E-state index in [-0.39, 0.29) is 24.0 Å².